The van der Waals surface area contributed by atoms with Crippen LogP contribution in [0.2, 0.25) is 0 Å². The zero-order chi connectivity index (χ0) is 19.7. The molecule has 3 heteroatoms. The third-order valence-electron chi connectivity index (χ3n) is 6.19. The summed E-state index contributed by atoms with van der Waals surface area (Å²) in [5.41, 5.74) is 5.91. The number of fused-ring (bicyclic) bond motifs is 10. The zero-order valence-corrected chi connectivity index (χ0v) is 16.1. The van der Waals surface area contributed by atoms with Crippen molar-refractivity contribution < 1.29 is 0 Å². The molecule has 0 atom stereocenters. The first-order chi connectivity index (χ1) is 14.9. The maximum atomic E-state index is 4.52. The molecule has 0 amide bonds. The predicted molar refractivity (Wildman–Crippen MR) is 125 cm³/mol. The van der Waals surface area contributed by atoms with Crippen molar-refractivity contribution >= 4 is 54.4 Å². The number of aromatic amines is 1. The normalized spacial score (nSPS) is 12.0. The molecular formula is C27H17N3. The number of rotatable bonds is 1. The van der Waals surface area contributed by atoms with Crippen LogP contribution >= 0.6 is 0 Å². The number of hydrogen-bond donors (Lipinski definition) is 1. The molecule has 3 nitrogen and oxygen atoms in total. The van der Waals surface area contributed by atoms with E-state index in [1.54, 1.807) is 0 Å². The Morgan fingerprint density at radius 3 is 2.30 bits per heavy atom. The minimum atomic E-state index is 1.16. The Morgan fingerprint density at radius 1 is 0.633 bits per heavy atom. The lowest BCUT2D eigenvalue weighted by Gasteiger charge is -2.10. The van der Waals surface area contributed by atoms with Gasteiger partial charge < -0.3 is 9.55 Å². The lowest BCUT2D eigenvalue weighted by Crippen LogP contribution is -1.94. The van der Waals surface area contributed by atoms with Gasteiger partial charge in [0.05, 0.1) is 16.6 Å². The Labute approximate surface area is 172 Å². The minimum Gasteiger partial charge on any atom is -0.354 e. The van der Waals surface area contributed by atoms with E-state index in [2.05, 4.69) is 99.5 Å². The van der Waals surface area contributed by atoms with Gasteiger partial charge in [-0.15, -0.1) is 0 Å². The van der Waals surface area contributed by atoms with Gasteiger partial charge in [0.25, 0.3) is 0 Å². The Kier molecular flexibility index (Phi) is 3.00. The number of para-hydroxylation sites is 3. The maximum absolute atomic E-state index is 4.52. The molecule has 30 heavy (non-hydrogen) atoms. The van der Waals surface area contributed by atoms with Gasteiger partial charge >= 0.3 is 0 Å². The summed E-state index contributed by atoms with van der Waals surface area (Å²) >= 11 is 0. The molecule has 0 radical (unpaired) electrons. The summed E-state index contributed by atoms with van der Waals surface area (Å²) < 4.78 is 2.37. The van der Waals surface area contributed by atoms with Crippen LogP contribution in [-0.4, -0.2) is 14.5 Å². The van der Waals surface area contributed by atoms with Crippen molar-refractivity contribution in [2.24, 2.45) is 0 Å². The second-order valence-electron chi connectivity index (χ2n) is 7.75. The van der Waals surface area contributed by atoms with Crippen molar-refractivity contribution in [3.05, 3.63) is 97.3 Å². The summed E-state index contributed by atoms with van der Waals surface area (Å²) in [5, 5.41) is 7.42. The first kappa shape index (κ1) is 15.8. The van der Waals surface area contributed by atoms with Gasteiger partial charge in [-0.2, -0.15) is 0 Å². The van der Waals surface area contributed by atoms with Crippen molar-refractivity contribution in [3.8, 4) is 5.69 Å². The fourth-order valence-corrected chi connectivity index (χ4v) is 5.00. The van der Waals surface area contributed by atoms with E-state index >= 15 is 0 Å². The summed E-state index contributed by atoms with van der Waals surface area (Å²) in [7, 11) is 0. The predicted octanol–water partition coefficient (Wildman–Crippen LogP) is 6.97. The topological polar surface area (TPSA) is 33.6 Å². The summed E-state index contributed by atoms with van der Waals surface area (Å²) in [6.07, 6.45) is 3.90. The summed E-state index contributed by atoms with van der Waals surface area (Å²) in [5.74, 6) is 0. The molecule has 3 aromatic heterocycles. The van der Waals surface area contributed by atoms with E-state index in [0.29, 0.717) is 0 Å². The molecular weight excluding hydrogens is 366 g/mol. The third kappa shape index (κ3) is 1.91. The summed E-state index contributed by atoms with van der Waals surface area (Å²) in [6.45, 7) is 0. The highest BCUT2D eigenvalue weighted by atomic mass is 15.0. The van der Waals surface area contributed by atoms with Crippen molar-refractivity contribution in [1.29, 1.82) is 0 Å². The number of pyridine rings is 1. The molecule has 0 unspecified atom stereocenters. The van der Waals surface area contributed by atoms with Crippen LogP contribution in [0, 0.1) is 0 Å². The number of aromatic nitrogens is 3. The second kappa shape index (κ2) is 5.71. The van der Waals surface area contributed by atoms with E-state index < -0.39 is 0 Å². The highest BCUT2D eigenvalue weighted by molar-refractivity contribution is 6.35. The molecule has 0 fully saturated rings. The van der Waals surface area contributed by atoms with E-state index in [-0.39, 0.29) is 0 Å². The minimum absolute atomic E-state index is 1.16. The monoisotopic (exact) mass is 383 g/mol. The number of hydrogen-bond acceptors (Lipinski definition) is 1. The van der Waals surface area contributed by atoms with Crippen LogP contribution in [0.3, 0.4) is 0 Å². The van der Waals surface area contributed by atoms with E-state index in [1.807, 2.05) is 12.4 Å². The Bertz CT molecular complexity index is 1740. The van der Waals surface area contributed by atoms with Gasteiger partial charge in [0.2, 0.25) is 0 Å². The molecule has 0 aliphatic rings. The van der Waals surface area contributed by atoms with Crippen molar-refractivity contribution in [1.82, 2.24) is 14.5 Å². The molecule has 0 bridgehead atoms. The largest absolute Gasteiger partial charge is 0.354 e. The number of H-pyrrole nitrogens is 1. The maximum Gasteiger partial charge on any atom is 0.0656 e. The first-order valence-electron chi connectivity index (χ1n) is 10.2. The molecule has 140 valence electrons. The molecule has 7 aromatic rings. The van der Waals surface area contributed by atoms with Crippen LogP contribution in [0.1, 0.15) is 0 Å². The standard InChI is InChI=1S/C27H17N3/c1-2-8-17(9-3-1)30-23-13-7-5-11-20(23)25-26-24(19-10-4-6-12-22(19)29-26)18-14-15-28-16-21(18)27(25)30/h1-16,29H. The van der Waals surface area contributed by atoms with Gasteiger partial charge in [-0.1, -0.05) is 54.6 Å². The van der Waals surface area contributed by atoms with E-state index in [9.17, 15) is 0 Å². The van der Waals surface area contributed by atoms with E-state index in [1.165, 1.54) is 48.9 Å². The van der Waals surface area contributed by atoms with Crippen molar-refractivity contribution in [3.63, 3.8) is 0 Å². The third-order valence-corrected chi connectivity index (χ3v) is 6.19. The van der Waals surface area contributed by atoms with Gasteiger partial charge in [0, 0.05) is 50.5 Å². The molecule has 0 saturated carbocycles. The number of benzene rings is 4. The molecule has 0 aliphatic heterocycles. The molecule has 0 saturated heterocycles. The molecule has 1 N–H and O–H groups in total. The number of nitrogens with one attached hydrogen (secondary N) is 1. The van der Waals surface area contributed by atoms with Gasteiger partial charge in [0.15, 0.2) is 0 Å². The number of nitrogens with zero attached hydrogens (tertiary/aromatic N) is 2. The fourth-order valence-electron chi connectivity index (χ4n) is 5.00. The average molecular weight is 383 g/mol. The Morgan fingerprint density at radius 2 is 1.40 bits per heavy atom. The molecule has 3 heterocycles. The van der Waals surface area contributed by atoms with Gasteiger partial charge in [0.1, 0.15) is 0 Å². The van der Waals surface area contributed by atoms with Gasteiger partial charge in [-0.3, -0.25) is 4.98 Å². The lowest BCUT2D eigenvalue weighted by molar-refractivity contribution is 1.18. The second-order valence-corrected chi connectivity index (χ2v) is 7.75. The summed E-state index contributed by atoms with van der Waals surface area (Å²) in [4.78, 5) is 8.25. The highest BCUT2D eigenvalue weighted by Gasteiger charge is 2.20. The molecule has 7 rings (SSSR count). The quantitative estimate of drug-likeness (QED) is 0.326. The zero-order valence-electron chi connectivity index (χ0n) is 16.1. The first-order valence-corrected chi connectivity index (χ1v) is 10.2. The van der Waals surface area contributed by atoms with Crippen LogP contribution < -0.4 is 0 Å². The lowest BCUT2D eigenvalue weighted by atomic mass is 10.0. The van der Waals surface area contributed by atoms with E-state index in [0.717, 1.165) is 11.2 Å². The summed E-state index contributed by atoms with van der Waals surface area (Å²) in [6, 6.07) is 30.0. The molecule has 0 spiro atoms. The highest BCUT2D eigenvalue weighted by Crippen LogP contribution is 2.43. The van der Waals surface area contributed by atoms with E-state index in [4.69, 9.17) is 0 Å². The average Bonchev–Trinajstić information content (AvgIpc) is 3.36. The molecule has 0 aliphatic carbocycles. The van der Waals surface area contributed by atoms with Gasteiger partial charge in [-0.25, -0.2) is 0 Å². The van der Waals surface area contributed by atoms with Crippen LogP contribution in [0.5, 0.6) is 0 Å². The van der Waals surface area contributed by atoms with Crippen molar-refractivity contribution in [2.75, 3.05) is 0 Å². The van der Waals surface area contributed by atoms with Crippen molar-refractivity contribution in [2.45, 2.75) is 0 Å². The smallest absolute Gasteiger partial charge is 0.0656 e. The Balaban J connectivity index is 1.88. The van der Waals surface area contributed by atoms with Crippen LogP contribution in [0.15, 0.2) is 97.3 Å². The van der Waals surface area contributed by atoms with Crippen LogP contribution in [0.25, 0.3) is 60.1 Å². The van der Waals surface area contributed by atoms with Crippen LogP contribution in [-0.2, 0) is 0 Å². The Hall–Kier alpha value is -4.11. The molecule has 4 aromatic carbocycles. The fraction of sp³-hybridized carbons (Fsp3) is 0. The van der Waals surface area contributed by atoms with Gasteiger partial charge in [-0.05, 0) is 35.7 Å². The SMILES string of the molecule is c1ccc(-n2c3ccccc3c3c4[nH]c5ccccc5c4c4ccncc4c32)cc1. The van der Waals surface area contributed by atoms with Crippen LogP contribution in [0.4, 0.5) is 0 Å².